The number of aromatic carboxylic acids is 2. The number of carboxylic acid groups (broad SMARTS) is 2. The summed E-state index contributed by atoms with van der Waals surface area (Å²) in [7, 11) is 0. The number of nitrogens with zero attached hydrogens (tertiary/aromatic N) is 3. The zero-order chi connectivity index (χ0) is 24.1. The molecule has 0 atom stereocenters. The highest BCUT2D eigenvalue weighted by Gasteiger charge is 2.21. The van der Waals surface area contributed by atoms with Crippen LogP contribution in [0.2, 0.25) is 0 Å². The minimum Gasteiger partial charge on any atom is -0.478 e. The Balaban J connectivity index is 1.95. The van der Waals surface area contributed by atoms with E-state index in [1.165, 1.54) is 6.92 Å². The van der Waals surface area contributed by atoms with E-state index in [1.54, 1.807) is 24.3 Å². The first-order valence-electron chi connectivity index (χ1n) is 9.18. The summed E-state index contributed by atoms with van der Waals surface area (Å²) in [6.45, 7) is 1.37. The predicted octanol–water partition coefficient (Wildman–Crippen LogP) is 3.23. The van der Waals surface area contributed by atoms with Gasteiger partial charge in [0.2, 0.25) is 17.7 Å². The third-order valence-corrected chi connectivity index (χ3v) is 4.18. The number of carbonyl (C=O) groups excluding carboxylic acids is 1. The van der Waals surface area contributed by atoms with Crippen LogP contribution in [0.15, 0.2) is 48.7 Å². The van der Waals surface area contributed by atoms with E-state index in [1.807, 2.05) is 0 Å². The molecule has 0 saturated carbocycles. The summed E-state index contributed by atoms with van der Waals surface area (Å²) in [6.07, 6.45) is 0.921. The first kappa shape index (κ1) is 22.6. The van der Waals surface area contributed by atoms with E-state index < -0.39 is 22.5 Å². The van der Waals surface area contributed by atoms with Crippen molar-refractivity contribution < 1.29 is 29.5 Å². The molecule has 13 nitrogen and oxygen atoms in total. The molecule has 0 aliphatic carbocycles. The second-order valence-electron chi connectivity index (χ2n) is 6.56. The summed E-state index contributed by atoms with van der Waals surface area (Å²) in [5.41, 5.74) is -0.233. The summed E-state index contributed by atoms with van der Waals surface area (Å²) >= 11 is 0. The number of anilines is 5. The zero-order valence-corrected chi connectivity index (χ0v) is 16.9. The molecule has 33 heavy (non-hydrogen) atoms. The van der Waals surface area contributed by atoms with Crippen molar-refractivity contribution in [3.8, 4) is 0 Å². The van der Waals surface area contributed by atoms with Crippen LogP contribution in [0.1, 0.15) is 27.6 Å². The van der Waals surface area contributed by atoms with Crippen LogP contribution < -0.4 is 16.0 Å². The monoisotopic (exact) mass is 452 g/mol. The van der Waals surface area contributed by atoms with Gasteiger partial charge in [0, 0.05) is 18.3 Å². The number of amides is 1. The number of carbonyl (C=O) groups is 3. The minimum absolute atomic E-state index is 0.0540. The van der Waals surface area contributed by atoms with Crippen molar-refractivity contribution in [3.63, 3.8) is 0 Å². The van der Waals surface area contributed by atoms with Crippen LogP contribution >= 0.6 is 0 Å². The fourth-order valence-electron chi connectivity index (χ4n) is 2.73. The Kier molecular flexibility index (Phi) is 6.43. The first-order chi connectivity index (χ1) is 15.6. The Labute approximate surface area is 185 Å². The number of nitro groups is 1. The fraction of sp³-hybridized carbons (Fsp3) is 0.0500. The van der Waals surface area contributed by atoms with Crippen molar-refractivity contribution in [1.82, 2.24) is 9.97 Å². The summed E-state index contributed by atoms with van der Waals surface area (Å²) in [5, 5.41) is 38.0. The first-order valence-corrected chi connectivity index (χ1v) is 9.18. The Morgan fingerprint density at radius 1 is 0.970 bits per heavy atom. The highest BCUT2D eigenvalue weighted by molar-refractivity contribution is 5.98. The van der Waals surface area contributed by atoms with Gasteiger partial charge in [-0.1, -0.05) is 0 Å². The zero-order valence-electron chi connectivity index (χ0n) is 16.9. The summed E-state index contributed by atoms with van der Waals surface area (Å²) < 4.78 is 0. The minimum atomic E-state index is -1.37. The largest absolute Gasteiger partial charge is 0.478 e. The molecule has 0 saturated heterocycles. The maximum atomic E-state index is 11.5. The molecule has 168 valence electrons. The molecule has 1 aromatic heterocycles. The van der Waals surface area contributed by atoms with E-state index in [0.717, 1.165) is 24.4 Å². The van der Waals surface area contributed by atoms with Gasteiger partial charge in [0.05, 0.1) is 21.7 Å². The quantitative estimate of drug-likeness (QED) is 0.248. The van der Waals surface area contributed by atoms with Gasteiger partial charge in [-0.25, -0.2) is 14.6 Å². The second-order valence-corrected chi connectivity index (χ2v) is 6.56. The summed E-state index contributed by atoms with van der Waals surface area (Å²) in [5.74, 6) is -3.32. The lowest BCUT2D eigenvalue weighted by Crippen LogP contribution is -2.09. The smallest absolute Gasteiger partial charge is 0.337 e. The van der Waals surface area contributed by atoms with E-state index in [-0.39, 0.29) is 34.5 Å². The van der Waals surface area contributed by atoms with Crippen molar-refractivity contribution in [1.29, 1.82) is 0 Å². The number of hydrogen-bond acceptors (Lipinski definition) is 9. The van der Waals surface area contributed by atoms with Gasteiger partial charge in [0.25, 0.3) is 0 Å². The highest BCUT2D eigenvalue weighted by atomic mass is 16.6. The molecule has 0 unspecified atom stereocenters. The number of rotatable bonds is 8. The molecule has 13 heteroatoms. The van der Waals surface area contributed by atoms with Crippen LogP contribution in [0.25, 0.3) is 0 Å². The molecule has 0 bridgehead atoms. The maximum Gasteiger partial charge on any atom is 0.337 e. The molecule has 3 rings (SSSR count). The molecule has 1 amide bonds. The van der Waals surface area contributed by atoms with Gasteiger partial charge < -0.3 is 26.2 Å². The van der Waals surface area contributed by atoms with Gasteiger partial charge >= 0.3 is 17.6 Å². The molecule has 5 N–H and O–H groups in total. The average molecular weight is 452 g/mol. The third-order valence-electron chi connectivity index (χ3n) is 4.18. The normalized spacial score (nSPS) is 10.2. The lowest BCUT2D eigenvalue weighted by atomic mass is 10.1. The van der Waals surface area contributed by atoms with Crippen molar-refractivity contribution in [3.05, 3.63) is 69.9 Å². The van der Waals surface area contributed by atoms with Crippen LogP contribution in [0.5, 0.6) is 0 Å². The number of nitrogens with one attached hydrogen (secondary N) is 3. The Hall–Kier alpha value is -5.07. The Morgan fingerprint density at radius 2 is 1.64 bits per heavy atom. The van der Waals surface area contributed by atoms with E-state index >= 15 is 0 Å². The van der Waals surface area contributed by atoms with Crippen LogP contribution in [-0.4, -0.2) is 43.0 Å². The van der Waals surface area contributed by atoms with Gasteiger partial charge in [-0.2, -0.15) is 4.98 Å². The molecular weight excluding hydrogens is 436 g/mol. The standard InChI is InChI=1S/C20H16N6O7/c1-10(27)22-12-3-5-13(6-4-12)23-20-21-9-16(26(32)33)17(25-20)24-15-8-11(18(28)29)2-7-14(15)19(30)31/h2-9H,1H3,(H,22,27)(H,28,29)(H,30,31)(H2,21,23,24,25). The van der Waals surface area contributed by atoms with Crippen molar-refractivity contribution in [2.45, 2.75) is 6.92 Å². The van der Waals surface area contributed by atoms with E-state index in [9.17, 15) is 34.7 Å². The molecule has 0 spiro atoms. The van der Waals surface area contributed by atoms with Crippen LogP contribution in [0.4, 0.5) is 34.5 Å². The molecule has 1 heterocycles. The van der Waals surface area contributed by atoms with Gasteiger partial charge in [-0.3, -0.25) is 14.9 Å². The number of aromatic nitrogens is 2. The van der Waals surface area contributed by atoms with E-state index in [4.69, 9.17) is 0 Å². The molecule has 2 aromatic carbocycles. The van der Waals surface area contributed by atoms with Gasteiger partial charge in [-0.15, -0.1) is 0 Å². The molecule has 3 aromatic rings. The third kappa shape index (κ3) is 5.55. The van der Waals surface area contributed by atoms with Gasteiger partial charge in [-0.05, 0) is 42.5 Å². The molecule has 0 aliphatic rings. The fourth-order valence-corrected chi connectivity index (χ4v) is 2.73. The average Bonchev–Trinajstić information content (AvgIpc) is 2.74. The van der Waals surface area contributed by atoms with Crippen molar-refractivity contribution in [2.75, 3.05) is 16.0 Å². The topological polar surface area (TPSA) is 197 Å². The van der Waals surface area contributed by atoms with Gasteiger partial charge in [0.1, 0.15) is 6.20 Å². The Morgan fingerprint density at radius 3 is 2.21 bits per heavy atom. The molecule has 0 aliphatic heterocycles. The lowest BCUT2D eigenvalue weighted by molar-refractivity contribution is -0.384. The summed E-state index contributed by atoms with van der Waals surface area (Å²) in [4.78, 5) is 52.5. The lowest BCUT2D eigenvalue weighted by Gasteiger charge is -2.12. The van der Waals surface area contributed by atoms with Crippen LogP contribution in [-0.2, 0) is 4.79 Å². The SMILES string of the molecule is CC(=O)Nc1ccc(Nc2ncc([N+](=O)[O-])c(Nc3cc(C(=O)O)ccc3C(=O)O)n2)cc1. The van der Waals surface area contributed by atoms with Crippen molar-refractivity contribution >= 4 is 52.4 Å². The Bertz CT molecular complexity index is 1260. The van der Waals surface area contributed by atoms with Crippen LogP contribution in [0.3, 0.4) is 0 Å². The summed E-state index contributed by atoms with van der Waals surface area (Å²) in [6, 6.07) is 9.66. The maximum absolute atomic E-state index is 11.5. The predicted molar refractivity (Wildman–Crippen MR) is 116 cm³/mol. The second kappa shape index (κ2) is 9.38. The number of carboxylic acids is 2. The molecule has 0 fully saturated rings. The van der Waals surface area contributed by atoms with Crippen molar-refractivity contribution in [2.24, 2.45) is 0 Å². The number of hydrogen-bond donors (Lipinski definition) is 5. The molecular formula is C20H16N6O7. The molecule has 0 radical (unpaired) electrons. The van der Waals surface area contributed by atoms with E-state index in [2.05, 4.69) is 25.9 Å². The van der Waals surface area contributed by atoms with Gasteiger partial charge in [0.15, 0.2) is 0 Å². The van der Waals surface area contributed by atoms with Crippen LogP contribution in [0, 0.1) is 10.1 Å². The van der Waals surface area contributed by atoms with E-state index in [0.29, 0.717) is 11.4 Å². The highest BCUT2D eigenvalue weighted by Crippen LogP contribution is 2.29. The number of benzene rings is 2.